The van der Waals surface area contributed by atoms with Crippen LogP contribution in [-0.4, -0.2) is 44.4 Å². The summed E-state index contributed by atoms with van der Waals surface area (Å²) in [7, 11) is 0. The molecule has 0 radical (unpaired) electrons. The maximum atomic E-state index is 11.9. The van der Waals surface area contributed by atoms with Gasteiger partial charge in [0.05, 0.1) is 12.7 Å². The Morgan fingerprint density at radius 1 is 1.67 bits per heavy atom. The lowest BCUT2D eigenvalue weighted by Crippen LogP contribution is -2.28. The van der Waals surface area contributed by atoms with Gasteiger partial charge in [-0.25, -0.2) is 4.79 Å². The Morgan fingerprint density at radius 3 is 2.95 bits per heavy atom. The van der Waals surface area contributed by atoms with Gasteiger partial charge in [-0.15, -0.1) is 0 Å². The third-order valence-electron chi connectivity index (χ3n) is 3.20. The van der Waals surface area contributed by atoms with Crippen molar-refractivity contribution in [3.8, 4) is 0 Å². The summed E-state index contributed by atoms with van der Waals surface area (Å²) in [6, 6.07) is 0. The summed E-state index contributed by atoms with van der Waals surface area (Å²) in [6.45, 7) is 1.05. The van der Waals surface area contributed by atoms with Gasteiger partial charge >= 0.3 is 5.69 Å². The van der Waals surface area contributed by atoms with E-state index in [1.165, 1.54) is 29.8 Å². The third kappa shape index (κ3) is 3.35. The fraction of sp³-hybridized carbons (Fsp3) is 0.462. The molecule has 1 fully saturated rings. The molecule has 8 heteroatoms. The average Bonchev–Trinajstić information content (AvgIpc) is 2.78. The highest BCUT2D eigenvalue weighted by molar-refractivity contribution is 5.92. The molecule has 1 unspecified atom stereocenters. The first-order valence-corrected chi connectivity index (χ1v) is 6.44. The molecule has 1 aliphatic heterocycles. The van der Waals surface area contributed by atoms with Crippen molar-refractivity contribution >= 4 is 17.7 Å². The van der Waals surface area contributed by atoms with Crippen molar-refractivity contribution in [3.05, 3.63) is 28.3 Å². The number of ketones is 1. The Kier molecular flexibility index (Phi) is 4.51. The van der Waals surface area contributed by atoms with Crippen LogP contribution in [0.25, 0.3) is 6.08 Å². The second-order valence-corrected chi connectivity index (χ2v) is 4.83. The molecule has 1 aliphatic rings. The van der Waals surface area contributed by atoms with Gasteiger partial charge in [-0.2, -0.15) is 4.98 Å². The molecule has 1 saturated heterocycles. The molecule has 0 bridgehead atoms. The molecule has 8 nitrogen and oxygen atoms in total. The van der Waals surface area contributed by atoms with Crippen LogP contribution in [0.3, 0.4) is 0 Å². The molecule has 114 valence electrons. The monoisotopic (exact) mass is 295 g/mol. The SMILES string of the molecule is CC(=O)C=Cc1cn([C@H]2CC(O)[C@@H](CO)O2)c(=O)nc1N. The Bertz CT molecular complexity index is 625. The molecule has 0 amide bonds. The van der Waals surface area contributed by atoms with Crippen molar-refractivity contribution in [1.29, 1.82) is 0 Å². The van der Waals surface area contributed by atoms with E-state index < -0.39 is 24.1 Å². The molecule has 4 N–H and O–H groups in total. The topological polar surface area (TPSA) is 128 Å². The number of carbonyl (C=O) groups excluding carboxylic acids is 1. The average molecular weight is 295 g/mol. The lowest BCUT2D eigenvalue weighted by atomic mass is 10.2. The largest absolute Gasteiger partial charge is 0.394 e. The molecule has 1 aromatic heterocycles. The molecule has 3 atom stereocenters. The molecule has 0 saturated carbocycles. The summed E-state index contributed by atoms with van der Waals surface area (Å²) in [5.41, 5.74) is 5.42. The van der Waals surface area contributed by atoms with Gasteiger partial charge < -0.3 is 20.7 Å². The second-order valence-electron chi connectivity index (χ2n) is 4.83. The number of aliphatic hydroxyl groups is 2. The smallest absolute Gasteiger partial charge is 0.351 e. The standard InChI is InChI=1S/C13H17N3O5/c1-7(18)2-3-8-5-16(13(20)15-12(8)14)11-4-9(19)10(6-17)21-11/h2-3,5,9-11,17,19H,4,6H2,1H3,(H2,14,15,20)/t9?,10-,11-/m1/s1. The zero-order valence-electron chi connectivity index (χ0n) is 11.5. The number of nitrogen functional groups attached to an aromatic ring is 1. The van der Waals surface area contributed by atoms with Gasteiger partial charge in [-0.1, -0.05) is 0 Å². The van der Waals surface area contributed by atoms with E-state index in [1.807, 2.05) is 0 Å². The molecule has 0 aliphatic carbocycles. The predicted octanol–water partition coefficient (Wildman–Crippen LogP) is -0.932. The predicted molar refractivity (Wildman–Crippen MR) is 74.2 cm³/mol. The number of nitrogens with two attached hydrogens (primary N) is 1. The molecule has 0 spiro atoms. The number of aromatic nitrogens is 2. The highest BCUT2D eigenvalue weighted by atomic mass is 16.5. The molecule has 2 heterocycles. The van der Waals surface area contributed by atoms with Crippen LogP contribution in [0.2, 0.25) is 0 Å². The first-order chi connectivity index (χ1) is 9.92. The van der Waals surface area contributed by atoms with Gasteiger partial charge in [0.1, 0.15) is 18.1 Å². The minimum atomic E-state index is -0.860. The van der Waals surface area contributed by atoms with Crippen LogP contribution in [0.4, 0.5) is 5.82 Å². The Morgan fingerprint density at radius 2 is 2.38 bits per heavy atom. The first kappa shape index (κ1) is 15.4. The van der Waals surface area contributed by atoms with Gasteiger partial charge in [0, 0.05) is 18.2 Å². The third-order valence-corrected chi connectivity index (χ3v) is 3.20. The maximum Gasteiger partial charge on any atom is 0.351 e. The van der Waals surface area contributed by atoms with Crippen LogP contribution in [0, 0.1) is 0 Å². The Labute approximate surface area is 120 Å². The fourth-order valence-corrected chi connectivity index (χ4v) is 2.09. The highest BCUT2D eigenvalue weighted by Gasteiger charge is 2.35. The highest BCUT2D eigenvalue weighted by Crippen LogP contribution is 2.27. The van der Waals surface area contributed by atoms with Crippen molar-refractivity contribution < 1.29 is 19.7 Å². The lowest BCUT2D eigenvalue weighted by Gasteiger charge is -2.15. The van der Waals surface area contributed by atoms with E-state index in [9.17, 15) is 14.7 Å². The summed E-state index contributed by atoms with van der Waals surface area (Å²) in [5, 5.41) is 18.8. The van der Waals surface area contributed by atoms with Crippen LogP contribution in [0.5, 0.6) is 0 Å². The van der Waals surface area contributed by atoms with Crippen LogP contribution < -0.4 is 11.4 Å². The molecule has 1 aromatic rings. The fourth-order valence-electron chi connectivity index (χ4n) is 2.09. The summed E-state index contributed by atoms with van der Waals surface area (Å²) in [6.07, 6.45) is 2.01. The number of aliphatic hydroxyl groups excluding tert-OH is 2. The number of hydrogen-bond acceptors (Lipinski definition) is 7. The van der Waals surface area contributed by atoms with E-state index in [-0.39, 0.29) is 24.6 Å². The van der Waals surface area contributed by atoms with Crippen LogP contribution in [0.15, 0.2) is 17.1 Å². The van der Waals surface area contributed by atoms with E-state index in [0.29, 0.717) is 5.56 Å². The number of carbonyl (C=O) groups is 1. The minimum absolute atomic E-state index is 0.00556. The summed E-state index contributed by atoms with van der Waals surface area (Å²) in [5.74, 6) is -0.161. The van der Waals surface area contributed by atoms with Crippen molar-refractivity contribution in [3.63, 3.8) is 0 Å². The van der Waals surface area contributed by atoms with Crippen LogP contribution in [0.1, 0.15) is 25.1 Å². The molecular weight excluding hydrogens is 278 g/mol. The number of hydrogen-bond donors (Lipinski definition) is 3. The van der Waals surface area contributed by atoms with Crippen molar-refractivity contribution in [2.75, 3.05) is 12.3 Å². The van der Waals surface area contributed by atoms with E-state index in [2.05, 4.69) is 4.98 Å². The van der Waals surface area contributed by atoms with Crippen LogP contribution >= 0.6 is 0 Å². The first-order valence-electron chi connectivity index (χ1n) is 6.44. The zero-order valence-corrected chi connectivity index (χ0v) is 11.5. The quantitative estimate of drug-likeness (QED) is 0.612. The van der Waals surface area contributed by atoms with Gasteiger partial charge in [-0.3, -0.25) is 9.36 Å². The number of anilines is 1. The van der Waals surface area contributed by atoms with Gasteiger partial charge in [0.2, 0.25) is 0 Å². The second kappa shape index (κ2) is 6.17. The van der Waals surface area contributed by atoms with E-state index >= 15 is 0 Å². The minimum Gasteiger partial charge on any atom is -0.394 e. The number of nitrogens with zero attached hydrogens (tertiary/aromatic N) is 2. The van der Waals surface area contributed by atoms with Gasteiger partial charge in [0.25, 0.3) is 0 Å². The van der Waals surface area contributed by atoms with E-state index in [1.54, 1.807) is 0 Å². The Balaban J connectivity index is 2.34. The number of ether oxygens (including phenoxy) is 1. The zero-order chi connectivity index (χ0) is 15.6. The van der Waals surface area contributed by atoms with E-state index in [4.69, 9.17) is 15.6 Å². The summed E-state index contributed by atoms with van der Waals surface area (Å²) < 4.78 is 6.59. The van der Waals surface area contributed by atoms with Crippen molar-refractivity contribution in [2.24, 2.45) is 0 Å². The molecular formula is C13H17N3O5. The molecule has 0 aromatic carbocycles. The van der Waals surface area contributed by atoms with Gasteiger partial charge in [0.15, 0.2) is 5.78 Å². The summed E-state index contributed by atoms with van der Waals surface area (Å²) >= 11 is 0. The Hall–Kier alpha value is -2.03. The number of rotatable bonds is 4. The maximum absolute atomic E-state index is 11.9. The van der Waals surface area contributed by atoms with Crippen molar-refractivity contribution in [1.82, 2.24) is 9.55 Å². The van der Waals surface area contributed by atoms with Crippen molar-refractivity contribution in [2.45, 2.75) is 31.8 Å². The molecule has 2 rings (SSSR count). The molecule has 21 heavy (non-hydrogen) atoms. The number of allylic oxidation sites excluding steroid dienone is 1. The normalized spacial score (nSPS) is 25.6. The lowest BCUT2D eigenvalue weighted by molar-refractivity contribution is -0.112. The summed E-state index contributed by atoms with van der Waals surface area (Å²) in [4.78, 5) is 26.5. The van der Waals surface area contributed by atoms with Gasteiger partial charge in [-0.05, 0) is 19.1 Å². The van der Waals surface area contributed by atoms with Crippen LogP contribution in [-0.2, 0) is 9.53 Å². The van der Waals surface area contributed by atoms with E-state index in [0.717, 1.165) is 0 Å².